The molecule has 1 saturated carbocycles. The molecule has 3 rings (SSSR count). The molecule has 5 heteroatoms. The highest BCUT2D eigenvalue weighted by Gasteiger charge is 2.41. The normalized spacial score (nSPS) is 32.0. The zero-order chi connectivity index (χ0) is 14.7. The van der Waals surface area contributed by atoms with Gasteiger partial charge in [0.2, 0.25) is 0 Å². The van der Waals surface area contributed by atoms with Gasteiger partial charge in [-0.15, -0.1) is 0 Å². The summed E-state index contributed by atoms with van der Waals surface area (Å²) in [5, 5.41) is 6.95. The molecule has 0 amide bonds. The molecule has 2 saturated heterocycles. The van der Waals surface area contributed by atoms with Gasteiger partial charge in [-0.25, -0.2) is 0 Å². The van der Waals surface area contributed by atoms with Gasteiger partial charge in [0.1, 0.15) is 0 Å². The first-order chi connectivity index (χ1) is 10.3. The van der Waals surface area contributed by atoms with Crippen molar-refractivity contribution in [3.05, 3.63) is 0 Å². The molecule has 0 radical (unpaired) electrons. The Morgan fingerprint density at radius 1 is 1.24 bits per heavy atom. The number of nitrogens with one attached hydrogen (secondary N) is 2. The third kappa shape index (κ3) is 3.89. The van der Waals surface area contributed by atoms with E-state index in [1.165, 1.54) is 25.7 Å². The summed E-state index contributed by atoms with van der Waals surface area (Å²) in [6, 6.07) is 1.28. The quantitative estimate of drug-likeness (QED) is 0.550. The van der Waals surface area contributed by atoms with Gasteiger partial charge in [-0.3, -0.25) is 9.89 Å². The van der Waals surface area contributed by atoms with Crippen molar-refractivity contribution in [3.63, 3.8) is 0 Å². The molecular weight excluding hydrogens is 264 g/mol. The Hall–Kier alpha value is -0.810. The Balaban J connectivity index is 1.47. The van der Waals surface area contributed by atoms with Crippen LogP contribution >= 0.6 is 0 Å². The van der Waals surface area contributed by atoms with Crippen LogP contribution in [0.25, 0.3) is 0 Å². The summed E-state index contributed by atoms with van der Waals surface area (Å²) in [4.78, 5) is 7.30. The Morgan fingerprint density at radius 2 is 2.10 bits per heavy atom. The van der Waals surface area contributed by atoms with Gasteiger partial charge in [0.05, 0.1) is 24.8 Å². The minimum Gasteiger partial charge on any atom is -0.373 e. The topological polar surface area (TPSA) is 48.9 Å². The number of guanidine groups is 1. The molecule has 2 bridgehead atoms. The molecule has 0 aromatic heterocycles. The van der Waals surface area contributed by atoms with E-state index in [1.807, 2.05) is 0 Å². The average Bonchev–Trinajstić information content (AvgIpc) is 3.12. The Morgan fingerprint density at radius 3 is 2.67 bits per heavy atom. The zero-order valence-electron chi connectivity index (χ0n) is 13.5. The van der Waals surface area contributed by atoms with Gasteiger partial charge >= 0.3 is 0 Å². The first-order valence-electron chi connectivity index (χ1n) is 8.74. The van der Waals surface area contributed by atoms with Crippen LogP contribution in [0.3, 0.4) is 0 Å². The fraction of sp³-hybridized carbons (Fsp3) is 0.938. The minimum atomic E-state index is 0.400. The molecule has 2 heterocycles. The molecule has 5 nitrogen and oxygen atoms in total. The first kappa shape index (κ1) is 15.1. The van der Waals surface area contributed by atoms with Crippen LogP contribution in [0, 0.1) is 0 Å². The summed E-state index contributed by atoms with van der Waals surface area (Å²) >= 11 is 0. The number of fused-ring (bicyclic) bond motifs is 2. The van der Waals surface area contributed by atoms with Gasteiger partial charge in [-0.1, -0.05) is 6.92 Å². The van der Waals surface area contributed by atoms with Crippen molar-refractivity contribution in [2.24, 2.45) is 4.99 Å². The van der Waals surface area contributed by atoms with Gasteiger partial charge < -0.3 is 15.4 Å². The standard InChI is InChI=1S/C16H30N4O/c1-3-17-16(18-9-10-20(4-2)12-5-6-12)19-14-11-13-7-8-15(14)21-13/h12-15H,3-11H2,1-2H3,(H2,17,18,19). The number of ether oxygens (including phenoxy) is 1. The van der Waals surface area contributed by atoms with Crippen LogP contribution in [-0.4, -0.2) is 61.3 Å². The monoisotopic (exact) mass is 294 g/mol. The molecule has 21 heavy (non-hydrogen) atoms. The van der Waals surface area contributed by atoms with Crippen molar-refractivity contribution in [3.8, 4) is 0 Å². The number of likely N-dealkylation sites (N-methyl/N-ethyl adjacent to an activating group) is 1. The third-order valence-corrected chi connectivity index (χ3v) is 4.90. The van der Waals surface area contributed by atoms with E-state index in [4.69, 9.17) is 9.73 Å². The number of aliphatic imine (C=N–C) groups is 1. The van der Waals surface area contributed by atoms with Crippen LogP contribution in [0.15, 0.2) is 4.99 Å². The Kier molecular flexibility index (Phi) is 5.01. The molecule has 0 aromatic carbocycles. The van der Waals surface area contributed by atoms with Gasteiger partial charge in [0, 0.05) is 19.1 Å². The van der Waals surface area contributed by atoms with Crippen molar-refractivity contribution >= 4 is 5.96 Å². The van der Waals surface area contributed by atoms with Crippen molar-refractivity contribution < 1.29 is 4.74 Å². The van der Waals surface area contributed by atoms with Gasteiger partial charge in [0.25, 0.3) is 0 Å². The molecule has 3 unspecified atom stereocenters. The molecular formula is C16H30N4O. The fourth-order valence-corrected chi connectivity index (χ4v) is 3.61. The summed E-state index contributed by atoms with van der Waals surface area (Å²) in [5.41, 5.74) is 0. The molecule has 2 aliphatic heterocycles. The van der Waals surface area contributed by atoms with E-state index in [0.717, 1.165) is 44.6 Å². The predicted octanol–water partition coefficient (Wildman–Crippen LogP) is 1.35. The number of hydrogen-bond acceptors (Lipinski definition) is 3. The van der Waals surface area contributed by atoms with E-state index >= 15 is 0 Å². The summed E-state index contributed by atoms with van der Waals surface area (Å²) in [7, 11) is 0. The van der Waals surface area contributed by atoms with Crippen molar-refractivity contribution in [2.45, 2.75) is 70.2 Å². The maximum absolute atomic E-state index is 5.91. The molecule has 1 aliphatic carbocycles. The van der Waals surface area contributed by atoms with Gasteiger partial charge in [-0.05, 0) is 45.6 Å². The molecule has 3 aliphatic rings. The van der Waals surface area contributed by atoms with E-state index in [1.54, 1.807) is 0 Å². The SMILES string of the molecule is CCNC(=NCCN(CC)C1CC1)NC1CC2CCC1O2. The van der Waals surface area contributed by atoms with E-state index in [0.29, 0.717) is 18.2 Å². The summed E-state index contributed by atoms with van der Waals surface area (Å²) in [6.45, 7) is 8.37. The van der Waals surface area contributed by atoms with Crippen LogP contribution in [0.5, 0.6) is 0 Å². The van der Waals surface area contributed by atoms with Crippen LogP contribution in [0.2, 0.25) is 0 Å². The van der Waals surface area contributed by atoms with Gasteiger partial charge in [-0.2, -0.15) is 0 Å². The largest absolute Gasteiger partial charge is 0.373 e. The summed E-state index contributed by atoms with van der Waals surface area (Å²) < 4.78 is 5.91. The maximum atomic E-state index is 5.91. The fourth-order valence-electron chi connectivity index (χ4n) is 3.61. The minimum absolute atomic E-state index is 0.400. The van der Waals surface area contributed by atoms with E-state index in [9.17, 15) is 0 Å². The lowest BCUT2D eigenvalue weighted by molar-refractivity contribution is 0.0992. The number of hydrogen-bond donors (Lipinski definition) is 2. The molecule has 3 fully saturated rings. The predicted molar refractivity (Wildman–Crippen MR) is 85.7 cm³/mol. The molecule has 120 valence electrons. The lowest BCUT2D eigenvalue weighted by atomic mass is 9.96. The van der Waals surface area contributed by atoms with E-state index in [-0.39, 0.29) is 0 Å². The van der Waals surface area contributed by atoms with Gasteiger partial charge in [0.15, 0.2) is 5.96 Å². The second-order valence-electron chi connectivity index (χ2n) is 6.48. The highest BCUT2D eigenvalue weighted by molar-refractivity contribution is 5.80. The van der Waals surface area contributed by atoms with Crippen molar-refractivity contribution in [1.29, 1.82) is 0 Å². The average molecular weight is 294 g/mol. The first-order valence-corrected chi connectivity index (χ1v) is 8.74. The van der Waals surface area contributed by atoms with E-state index in [2.05, 4.69) is 29.4 Å². The Labute approximate surface area is 128 Å². The lowest BCUT2D eigenvalue weighted by Crippen LogP contribution is -2.47. The lowest BCUT2D eigenvalue weighted by Gasteiger charge is -2.23. The van der Waals surface area contributed by atoms with Crippen LogP contribution in [0.1, 0.15) is 46.0 Å². The Bertz CT molecular complexity index is 369. The second kappa shape index (κ2) is 6.97. The van der Waals surface area contributed by atoms with Crippen LogP contribution < -0.4 is 10.6 Å². The molecule has 2 N–H and O–H groups in total. The molecule has 0 aromatic rings. The molecule has 0 spiro atoms. The second-order valence-corrected chi connectivity index (χ2v) is 6.48. The zero-order valence-corrected chi connectivity index (χ0v) is 13.5. The van der Waals surface area contributed by atoms with Crippen molar-refractivity contribution in [2.75, 3.05) is 26.2 Å². The van der Waals surface area contributed by atoms with Crippen LogP contribution in [-0.2, 0) is 4.74 Å². The number of rotatable bonds is 7. The number of nitrogens with zero attached hydrogens (tertiary/aromatic N) is 2. The third-order valence-electron chi connectivity index (χ3n) is 4.90. The molecule has 3 atom stereocenters. The maximum Gasteiger partial charge on any atom is 0.191 e. The van der Waals surface area contributed by atoms with Crippen LogP contribution in [0.4, 0.5) is 0 Å². The van der Waals surface area contributed by atoms with E-state index < -0.39 is 0 Å². The highest BCUT2D eigenvalue weighted by atomic mass is 16.5. The smallest absolute Gasteiger partial charge is 0.191 e. The summed E-state index contributed by atoms with van der Waals surface area (Å²) in [6.07, 6.45) is 7.21. The van der Waals surface area contributed by atoms with Crippen molar-refractivity contribution in [1.82, 2.24) is 15.5 Å². The summed E-state index contributed by atoms with van der Waals surface area (Å²) in [5.74, 6) is 0.963. The highest BCUT2D eigenvalue weighted by Crippen LogP contribution is 2.34.